The van der Waals surface area contributed by atoms with Gasteiger partial charge in [-0.2, -0.15) is 10.2 Å². The first-order valence-electron chi connectivity index (χ1n) is 8.89. The minimum atomic E-state index is -0.243. The molecule has 1 saturated carbocycles. The molecule has 25 heavy (non-hydrogen) atoms. The molecular formula is C18H27N5O2. The normalized spacial score (nSPS) is 21.0. The van der Waals surface area contributed by atoms with E-state index >= 15 is 0 Å². The highest BCUT2D eigenvalue weighted by atomic mass is 16.3. The highest BCUT2D eigenvalue weighted by Crippen LogP contribution is 2.38. The van der Waals surface area contributed by atoms with Crippen LogP contribution in [0, 0.1) is 19.8 Å². The van der Waals surface area contributed by atoms with Gasteiger partial charge >= 0.3 is 0 Å². The molecule has 1 amide bonds. The zero-order chi connectivity index (χ0) is 18.0. The van der Waals surface area contributed by atoms with Gasteiger partial charge in [0.15, 0.2) is 0 Å². The molecule has 7 nitrogen and oxygen atoms in total. The number of rotatable bonds is 7. The Hall–Kier alpha value is -2.15. The predicted octanol–water partition coefficient (Wildman–Crippen LogP) is 1.64. The van der Waals surface area contributed by atoms with Gasteiger partial charge in [-0.3, -0.25) is 14.2 Å². The van der Waals surface area contributed by atoms with Gasteiger partial charge in [0.1, 0.15) is 0 Å². The number of aliphatic hydroxyl groups is 1. The summed E-state index contributed by atoms with van der Waals surface area (Å²) in [5.41, 5.74) is 3.13. The van der Waals surface area contributed by atoms with Crippen molar-refractivity contribution in [1.82, 2.24) is 24.9 Å². The lowest BCUT2D eigenvalue weighted by atomic mass is 9.75. The zero-order valence-corrected chi connectivity index (χ0v) is 15.1. The van der Waals surface area contributed by atoms with E-state index < -0.39 is 0 Å². The van der Waals surface area contributed by atoms with E-state index in [9.17, 15) is 9.90 Å². The Morgan fingerprint density at radius 1 is 1.44 bits per heavy atom. The van der Waals surface area contributed by atoms with Crippen molar-refractivity contribution < 1.29 is 9.90 Å². The maximum Gasteiger partial charge on any atom is 0.220 e. The van der Waals surface area contributed by atoms with E-state index in [0.717, 1.165) is 42.8 Å². The number of amides is 1. The van der Waals surface area contributed by atoms with Gasteiger partial charge in [0.2, 0.25) is 5.91 Å². The number of hydrogen-bond acceptors (Lipinski definition) is 4. The highest BCUT2D eigenvalue weighted by molar-refractivity contribution is 5.76. The highest BCUT2D eigenvalue weighted by Gasteiger charge is 2.36. The van der Waals surface area contributed by atoms with Crippen molar-refractivity contribution in [2.45, 2.75) is 58.2 Å². The molecular weight excluding hydrogens is 318 g/mol. The number of nitrogens with one attached hydrogen (secondary N) is 1. The Balaban J connectivity index is 1.54. The summed E-state index contributed by atoms with van der Waals surface area (Å²) in [6.07, 6.45) is 6.16. The second-order valence-corrected chi connectivity index (χ2v) is 7.13. The quantitative estimate of drug-likeness (QED) is 0.799. The molecule has 1 fully saturated rings. The first-order chi connectivity index (χ1) is 11.9. The Morgan fingerprint density at radius 2 is 2.20 bits per heavy atom. The maximum atomic E-state index is 12.4. The summed E-state index contributed by atoms with van der Waals surface area (Å²) in [4.78, 5) is 12.4. The number of carbonyl (C=O) groups is 1. The van der Waals surface area contributed by atoms with E-state index in [2.05, 4.69) is 15.5 Å². The molecule has 0 spiro atoms. The van der Waals surface area contributed by atoms with Crippen molar-refractivity contribution in [3.8, 4) is 0 Å². The van der Waals surface area contributed by atoms with Crippen molar-refractivity contribution in [1.29, 1.82) is 0 Å². The van der Waals surface area contributed by atoms with Gasteiger partial charge in [-0.05, 0) is 45.1 Å². The molecule has 2 heterocycles. The molecule has 0 bridgehead atoms. The number of aliphatic hydroxyl groups excluding tert-OH is 1. The van der Waals surface area contributed by atoms with Gasteiger partial charge in [-0.1, -0.05) is 0 Å². The second-order valence-electron chi connectivity index (χ2n) is 7.13. The third kappa shape index (κ3) is 4.28. The van der Waals surface area contributed by atoms with Crippen LogP contribution < -0.4 is 5.32 Å². The molecule has 0 unspecified atom stereocenters. The van der Waals surface area contributed by atoms with Crippen LogP contribution >= 0.6 is 0 Å². The number of carbonyl (C=O) groups excluding carboxylic acids is 1. The fourth-order valence-electron chi connectivity index (χ4n) is 3.51. The number of hydrogen-bond donors (Lipinski definition) is 2. The Bertz CT molecular complexity index is 730. The number of nitrogens with zero attached hydrogens (tertiary/aromatic N) is 4. The summed E-state index contributed by atoms with van der Waals surface area (Å²) >= 11 is 0. The van der Waals surface area contributed by atoms with Crippen LogP contribution in [0.15, 0.2) is 18.5 Å². The van der Waals surface area contributed by atoms with Gasteiger partial charge < -0.3 is 10.4 Å². The molecule has 7 heteroatoms. The number of aryl methyl sites for hydroxylation is 4. The molecule has 0 aromatic carbocycles. The topological polar surface area (TPSA) is 85.0 Å². The van der Waals surface area contributed by atoms with Gasteiger partial charge in [-0.25, -0.2) is 0 Å². The summed E-state index contributed by atoms with van der Waals surface area (Å²) in [5, 5.41) is 21.4. The molecule has 0 radical (unpaired) electrons. The zero-order valence-electron chi connectivity index (χ0n) is 15.1. The molecule has 2 N–H and O–H groups in total. The Kier molecular flexibility index (Phi) is 5.22. The van der Waals surface area contributed by atoms with Crippen LogP contribution in [-0.4, -0.2) is 36.7 Å². The van der Waals surface area contributed by atoms with Crippen molar-refractivity contribution in [3.05, 3.63) is 35.4 Å². The van der Waals surface area contributed by atoms with Gasteiger partial charge in [0.05, 0.1) is 24.0 Å². The van der Waals surface area contributed by atoms with Crippen molar-refractivity contribution in [2.75, 3.05) is 0 Å². The molecule has 0 saturated heterocycles. The van der Waals surface area contributed by atoms with E-state index in [1.54, 1.807) is 10.9 Å². The Morgan fingerprint density at radius 3 is 2.76 bits per heavy atom. The van der Waals surface area contributed by atoms with Gasteiger partial charge in [-0.15, -0.1) is 0 Å². The molecule has 2 aromatic rings. The second kappa shape index (κ2) is 7.39. The van der Waals surface area contributed by atoms with E-state index in [-0.39, 0.29) is 24.0 Å². The first-order valence-corrected chi connectivity index (χ1v) is 8.89. The van der Waals surface area contributed by atoms with Crippen molar-refractivity contribution >= 4 is 5.91 Å². The first kappa shape index (κ1) is 17.7. The van der Waals surface area contributed by atoms with Crippen LogP contribution in [0.4, 0.5) is 0 Å². The van der Waals surface area contributed by atoms with Gasteiger partial charge in [0.25, 0.3) is 0 Å². The summed E-state index contributed by atoms with van der Waals surface area (Å²) in [6.45, 7) is 4.74. The van der Waals surface area contributed by atoms with E-state index in [1.165, 1.54) is 0 Å². The Labute approximate surface area is 148 Å². The summed E-state index contributed by atoms with van der Waals surface area (Å²) in [7, 11) is 1.87. The maximum absolute atomic E-state index is 12.4. The minimum Gasteiger partial charge on any atom is -0.393 e. The summed E-state index contributed by atoms with van der Waals surface area (Å²) in [6, 6.07) is 1.97. The fraction of sp³-hybridized carbons (Fsp3) is 0.611. The summed E-state index contributed by atoms with van der Waals surface area (Å²) < 4.78 is 3.69. The molecule has 2 aromatic heterocycles. The van der Waals surface area contributed by atoms with Gasteiger partial charge in [0, 0.05) is 37.5 Å². The largest absolute Gasteiger partial charge is 0.393 e. The lowest BCUT2D eigenvalue weighted by molar-refractivity contribution is -0.123. The fourth-order valence-corrected chi connectivity index (χ4v) is 3.51. The standard InChI is InChI=1S/C18H27N5O2/c1-12-7-13(2)23(21-12)6-4-5-17(25)20-18(14-8-16(24)9-14)15-10-19-22(3)11-15/h7,10-11,14,16,18,24H,4-6,8-9H2,1-3H3,(H,20,25)/t14?,16?,18-/m1/s1. The third-order valence-electron chi connectivity index (χ3n) is 4.90. The van der Waals surface area contributed by atoms with E-state index in [1.807, 2.05) is 37.8 Å². The minimum absolute atomic E-state index is 0.0387. The summed E-state index contributed by atoms with van der Waals surface area (Å²) in [5.74, 6) is 0.316. The van der Waals surface area contributed by atoms with Crippen LogP contribution in [0.25, 0.3) is 0 Å². The molecule has 1 aliphatic carbocycles. The van der Waals surface area contributed by atoms with E-state index in [4.69, 9.17) is 0 Å². The molecule has 3 rings (SSSR count). The predicted molar refractivity (Wildman–Crippen MR) is 93.8 cm³/mol. The van der Waals surface area contributed by atoms with Crippen LogP contribution in [0.1, 0.15) is 48.7 Å². The van der Waals surface area contributed by atoms with Crippen LogP contribution in [0.5, 0.6) is 0 Å². The molecule has 1 aliphatic rings. The van der Waals surface area contributed by atoms with E-state index in [0.29, 0.717) is 6.42 Å². The van der Waals surface area contributed by atoms with Crippen molar-refractivity contribution in [2.24, 2.45) is 13.0 Å². The lowest BCUT2D eigenvalue weighted by Gasteiger charge is -2.37. The third-order valence-corrected chi connectivity index (χ3v) is 4.90. The smallest absolute Gasteiger partial charge is 0.220 e. The molecule has 1 atom stereocenters. The SMILES string of the molecule is Cc1cc(C)n(CCCC(=O)N[C@@H](c2cnn(C)c2)C2CC(O)C2)n1. The lowest BCUT2D eigenvalue weighted by Crippen LogP contribution is -2.41. The number of aromatic nitrogens is 4. The van der Waals surface area contributed by atoms with Crippen LogP contribution in [0.3, 0.4) is 0 Å². The van der Waals surface area contributed by atoms with Crippen molar-refractivity contribution in [3.63, 3.8) is 0 Å². The molecule has 0 aliphatic heterocycles. The average Bonchev–Trinajstić information content (AvgIpc) is 3.08. The molecule has 136 valence electrons. The van der Waals surface area contributed by atoms with Crippen LogP contribution in [-0.2, 0) is 18.4 Å². The monoisotopic (exact) mass is 345 g/mol. The average molecular weight is 345 g/mol. The van der Waals surface area contributed by atoms with Crippen LogP contribution in [0.2, 0.25) is 0 Å².